The van der Waals surface area contributed by atoms with Gasteiger partial charge >= 0.3 is 0 Å². The summed E-state index contributed by atoms with van der Waals surface area (Å²) < 4.78 is 10.4. The van der Waals surface area contributed by atoms with Gasteiger partial charge in [-0.2, -0.15) is 0 Å². The maximum Gasteiger partial charge on any atom is 0.171 e. The number of nitrogens with one attached hydrogen (secondary N) is 1. The van der Waals surface area contributed by atoms with E-state index < -0.39 is 0 Å². The molecule has 15 heavy (non-hydrogen) atoms. The van der Waals surface area contributed by atoms with E-state index in [1.165, 1.54) is 0 Å². The molecule has 0 radical (unpaired) electrons. The number of ether oxygens (including phenoxy) is 2. The van der Waals surface area contributed by atoms with Crippen LogP contribution >= 0.6 is 0 Å². The molecule has 1 rings (SSSR count). The molecular weight excluding hydrogens is 194 g/mol. The largest absolute Gasteiger partial charge is 0.393 e. The molecule has 0 heterocycles. The Morgan fingerprint density at radius 1 is 1.13 bits per heavy atom. The summed E-state index contributed by atoms with van der Waals surface area (Å²) in [5, 5.41) is 12.9. The second-order valence-electron chi connectivity index (χ2n) is 4.30. The van der Waals surface area contributed by atoms with Gasteiger partial charge in [0.25, 0.3) is 0 Å². The van der Waals surface area contributed by atoms with Crippen LogP contribution in [0, 0.1) is 0 Å². The number of aliphatic hydroxyl groups is 1. The summed E-state index contributed by atoms with van der Waals surface area (Å²) in [6.45, 7) is 2.06. The molecule has 0 spiro atoms. The van der Waals surface area contributed by atoms with Crippen LogP contribution in [0.5, 0.6) is 0 Å². The van der Waals surface area contributed by atoms with E-state index in [1.54, 1.807) is 14.2 Å². The molecule has 0 aromatic rings. The average molecular weight is 217 g/mol. The molecule has 0 bridgehead atoms. The molecule has 4 heteroatoms. The molecule has 1 aliphatic carbocycles. The Kier molecular flexibility index (Phi) is 5.53. The maximum atomic E-state index is 9.39. The van der Waals surface area contributed by atoms with Crippen LogP contribution in [-0.4, -0.2) is 43.8 Å². The van der Waals surface area contributed by atoms with Gasteiger partial charge in [-0.15, -0.1) is 0 Å². The lowest BCUT2D eigenvalue weighted by Crippen LogP contribution is -2.46. The van der Waals surface area contributed by atoms with Gasteiger partial charge in [-0.3, -0.25) is 0 Å². The number of aliphatic hydroxyl groups excluding tert-OH is 1. The third-order valence-electron chi connectivity index (χ3n) is 3.07. The van der Waals surface area contributed by atoms with Crippen molar-refractivity contribution < 1.29 is 14.6 Å². The Hall–Kier alpha value is -0.160. The highest BCUT2D eigenvalue weighted by Crippen LogP contribution is 2.19. The minimum atomic E-state index is -0.197. The van der Waals surface area contributed by atoms with Crippen molar-refractivity contribution in [2.24, 2.45) is 0 Å². The molecule has 1 atom stereocenters. The fourth-order valence-corrected chi connectivity index (χ4v) is 2.20. The lowest BCUT2D eigenvalue weighted by atomic mass is 9.92. The minimum Gasteiger partial charge on any atom is -0.393 e. The van der Waals surface area contributed by atoms with Crippen LogP contribution in [0.25, 0.3) is 0 Å². The quantitative estimate of drug-likeness (QED) is 0.671. The molecule has 0 aromatic carbocycles. The van der Waals surface area contributed by atoms with Crippen molar-refractivity contribution >= 4 is 0 Å². The van der Waals surface area contributed by atoms with Gasteiger partial charge in [-0.1, -0.05) is 0 Å². The van der Waals surface area contributed by atoms with Crippen LogP contribution in [0.1, 0.15) is 32.6 Å². The molecule has 2 N–H and O–H groups in total. The summed E-state index contributed by atoms with van der Waals surface area (Å²) in [5.74, 6) is 0. The van der Waals surface area contributed by atoms with E-state index in [-0.39, 0.29) is 18.4 Å². The molecule has 1 unspecified atom stereocenters. The van der Waals surface area contributed by atoms with Crippen LogP contribution in [0.4, 0.5) is 0 Å². The van der Waals surface area contributed by atoms with E-state index in [4.69, 9.17) is 9.47 Å². The standard InChI is InChI=1S/C11H23NO3/c1-8(11(14-2)15-3)12-9-4-6-10(13)7-5-9/h8-13H,4-7H2,1-3H3. The van der Waals surface area contributed by atoms with Gasteiger partial charge in [0.2, 0.25) is 0 Å². The molecular formula is C11H23NO3. The lowest BCUT2D eigenvalue weighted by molar-refractivity contribution is -0.121. The third kappa shape index (κ3) is 4.07. The molecule has 0 aromatic heterocycles. The minimum absolute atomic E-state index is 0.0981. The van der Waals surface area contributed by atoms with Crippen molar-refractivity contribution in [1.29, 1.82) is 0 Å². The molecule has 0 aliphatic heterocycles. The summed E-state index contributed by atoms with van der Waals surface area (Å²) in [4.78, 5) is 0. The first-order valence-electron chi connectivity index (χ1n) is 5.67. The molecule has 1 fully saturated rings. The Balaban J connectivity index is 2.28. The van der Waals surface area contributed by atoms with Gasteiger partial charge in [0, 0.05) is 20.3 Å². The fourth-order valence-electron chi connectivity index (χ4n) is 2.20. The van der Waals surface area contributed by atoms with Crippen molar-refractivity contribution in [2.75, 3.05) is 14.2 Å². The monoisotopic (exact) mass is 217 g/mol. The van der Waals surface area contributed by atoms with Gasteiger partial charge in [-0.25, -0.2) is 0 Å². The molecule has 4 nitrogen and oxygen atoms in total. The van der Waals surface area contributed by atoms with Crippen molar-refractivity contribution in [1.82, 2.24) is 5.32 Å². The summed E-state index contributed by atoms with van der Waals surface area (Å²) in [6.07, 6.45) is 3.57. The second-order valence-corrected chi connectivity index (χ2v) is 4.30. The smallest absolute Gasteiger partial charge is 0.171 e. The SMILES string of the molecule is COC(OC)C(C)NC1CCC(O)CC1. The van der Waals surface area contributed by atoms with Gasteiger partial charge in [0.1, 0.15) is 0 Å². The number of hydrogen-bond acceptors (Lipinski definition) is 4. The highest BCUT2D eigenvalue weighted by atomic mass is 16.7. The van der Waals surface area contributed by atoms with E-state index in [1.807, 2.05) is 0 Å². The third-order valence-corrected chi connectivity index (χ3v) is 3.07. The predicted octanol–water partition coefficient (Wildman–Crippen LogP) is 0.887. The van der Waals surface area contributed by atoms with E-state index >= 15 is 0 Å². The normalized spacial score (nSPS) is 29.4. The van der Waals surface area contributed by atoms with Gasteiger partial charge in [0.15, 0.2) is 6.29 Å². The van der Waals surface area contributed by atoms with E-state index in [0.717, 1.165) is 25.7 Å². The molecule has 1 saturated carbocycles. The fraction of sp³-hybridized carbons (Fsp3) is 1.00. The topological polar surface area (TPSA) is 50.7 Å². The van der Waals surface area contributed by atoms with Crippen molar-refractivity contribution in [3.8, 4) is 0 Å². The number of hydrogen-bond donors (Lipinski definition) is 2. The lowest BCUT2D eigenvalue weighted by Gasteiger charge is -2.31. The average Bonchev–Trinajstić information content (AvgIpc) is 2.23. The van der Waals surface area contributed by atoms with E-state index in [9.17, 15) is 5.11 Å². The number of methoxy groups -OCH3 is 2. The number of rotatable bonds is 5. The van der Waals surface area contributed by atoms with Crippen molar-refractivity contribution in [2.45, 2.75) is 57.1 Å². The van der Waals surface area contributed by atoms with Gasteiger partial charge < -0.3 is 19.9 Å². The predicted molar refractivity (Wildman–Crippen MR) is 58.7 cm³/mol. The Morgan fingerprint density at radius 3 is 2.13 bits per heavy atom. The van der Waals surface area contributed by atoms with Gasteiger partial charge in [-0.05, 0) is 32.6 Å². The molecule has 0 amide bonds. The molecule has 90 valence electrons. The summed E-state index contributed by atoms with van der Waals surface area (Å²) in [6, 6.07) is 0.663. The molecule has 1 aliphatic rings. The first-order chi connectivity index (χ1) is 7.17. The van der Waals surface area contributed by atoms with Crippen LogP contribution in [0.3, 0.4) is 0 Å². The first-order valence-corrected chi connectivity index (χ1v) is 5.67. The highest BCUT2D eigenvalue weighted by molar-refractivity contribution is 4.79. The summed E-state index contributed by atoms with van der Waals surface area (Å²) >= 11 is 0. The first kappa shape index (κ1) is 12.9. The zero-order valence-corrected chi connectivity index (χ0v) is 9.90. The van der Waals surface area contributed by atoms with Crippen LogP contribution in [0.2, 0.25) is 0 Å². The van der Waals surface area contributed by atoms with Crippen LogP contribution in [0.15, 0.2) is 0 Å². The maximum absolute atomic E-state index is 9.39. The zero-order valence-electron chi connectivity index (χ0n) is 9.90. The highest BCUT2D eigenvalue weighted by Gasteiger charge is 2.23. The Bertz CT molecular complexity index is 165. The summed E-state index contributed by atoms with van der Waals surface area (Å²) in [7, 11) is 3.30. The van der Waals surface area contributed by atoms with Crippen molar-refractivity contribution in [3.05, 3.63) is 0 Å². The molecule has 0 saturated heterocycles. The Labute approximate surface area is 92.0 Å². The summed E-state index contributed by atoms with van der Waals surface area (Å²) in [5.41, 5.74) is 0. The van der Waals surface area contributed by atoms with Crippen LogP contribution in [-0.2, 0) is 9.47 Å². The van der Waals surface area contributed by atoms with Gasteiger partial charge in [0.05, 0.1) is 12.1 Å². The van der Waals surface area contributed by atoms with Crippen LogP contribution < -0.4 is 5.32 Å². The Morgan fingerprint density at radius 2 is 1.67 bits per heavy atom. The second kappa shape index (κ2) is 6.43. The van der Waals surface area contributed by atoms with E-state index in [2.05, 4.69) is 12.2 Å². The van der Waals surface area contributed by atoms with Crippen molar-refractivity contribution in [3.63, 3.8) is 0 Å². The van der Waals surface area contributed by atoms with E-state index in [0.29, 0.717) is 6.04 Å². The zero-order chi connectivity index (χ0) is 11.3.